The van der Waals surface area contributed by atoms with Gasteiger partial charge in [0.15, 0.2) is 5.78 Å². The summed E-state index contributed by atoms with van der Waals surface area (Å²) in [5.74, 6) is -23.0. The van der Waals surface area contributed by atoms with Crippen LogP contribution in [0.5, 0.6) is 0 Å². The fourth-order valence-corrected chi connectivity index (χ4v) is 7.22. The van der Waals surface area contributed by atoms with Crippen molar-refractivity contribution in [3.8, 4) is 11.3 Å². The number of hydrogen-bond donors (Lipinski definition) is 1. The summed E-state index contributed by atoms with van der Waals surface area (Å²) in [6.45, 7) is 11.7. The first-order valence-electron chi connectivity index (χ1n) is 15.6. The molecule has 0 spiro atoms. The number of fused-ring (bicyclic) bond motifs is 4. The minimum absolute atomic E-state index is 0. The number of carbonyl (C=O) groups is 1. The number of halogens is 8. The summed E-state index contributed by atoms with van der Waals surface area (Å²) in [7, 11) is 0. The number of aliphatic hydroxyl groups is 1. The molecule has 1 aliphatic carbocycles. The minimum atomic E-state index is -6.28. The summed E-state index contributed by atoms with van der Waals surface area (Å²) in [5, 5.41) is 10.0. The van der Waals surface area contributed by atoms with Crippen molar-refractivity contribution in [3.05, 3.63) is 76.7 Å². The first kappa shape index (κ1) is 40.5. The van der Waals surface area contributed by atoms with Gasteiger partial charge in [-0.05, 0) is 49.3 Å². The van der Waals surface area contributed by atoms with E-state index in [9.17, 15) is 45.0 Å². The number of aliphatic hydroxyl groups excluding tert-OH is 1. The zero-order valence-corrected chi connectivity index (χ0v) is 30.8. The molecule has 0 amide bonds. The molecule has 13 heteroatoms. The third-order valence-electron chi connectivity index (χ3n) is 8.87. The fourth-order valence-electron chi connectivity index (χ4n) is 5.99. The number of aromatic nitrogens is 1. The molecule has 0 fully saturated rings. The summed E-state index contributed by atoms with van der Waals surface area (Å²) in [6, 6.07) is 9.11. The predicted molar refractivity (Wildman–Crippen MR) is 172 cm³/mol. The summed E-state index contributed by atoms with van der Waals surface area (Å²) >= 11 is 0.875. The molecular formula is C36H36F8IrNO2S-. The number of benzene rings is 2. The van der Waals surface area contributed by atoms with Crippen LogP contribution in [-0.4, -0.2) is 27.7 Å². The van der Waals surface area contributed by atoms with Crippen molar-refractivity contribution in [2.45, 2.75) is 90.9 Å². The fraction of sp³-hybridized carbons (Fsp3) is 0.444. The van der Waals surface area contributed by atoms with Crippen LogP contribution >= 0.6 is 11.3 Å². The van der Waals surface area contributed by atoms with Gasteiger partial charge in [0.05, 0.1) is 5.76 Å². The van der Waals surface area contributed by atoms with E-state index in [-0.39, 0.29) is 53.6 Å². The Hall–Kier alpha value is -2.89. The van der Waals surface area contributed by atoms with Crippen LogP contribution in [0, 0.1) is 31.7 Å². The third kappa shape index (κ3) is 6.91. The Kier molecular flexibility index (Phi) is 12.2. The van der Waals surface area contributed by atoms with E-state index in [1.165, 1.54) is 18.3 Å². The van der Waals surface area contributed by atoms with Crippen LogP contribution in [0.2, 0.25) is 0 Å². The summed E-state index contributed by atoms with van der Waals surface area (Å²) in [4.78, 5) is 16.0. The molecule has 2 aromatic carbocycles. The molecule has 0 saturated heterocycles. The number of ketones is 1. The van der Waals surface area contributed by atoms with Crippen LogP contribution in [0.25, 0.3) is 31.4 Å². The Morgan fingerprint density at radius 2 is 1.37 bits per heavy atom. The Balaban J connectivity index is 0.000000347. The van der Waals surface area contributed by atoms with Crippen molar-refractivity contribution in [2.24, 2.45) is 11.8 Å². The van der Waals surface area contributed by atoms with E-state index in [0.29, 0.717) is 33.5 Å². The second-order valence-corrected chi connectivity index (χ2v) is 13.1. The quantitative estimate of drug-likeness (QED) is 0.0830. The van der Waals surface area contributed by atoms with E-state index in [2.05, 4.69) is 11.1 Å². The number of thiophene rings is 1. The first-order valence-corrected chi connectivity index (χ1v) is 16.4. The second-order valence-electron chi connectivity index (χ2n) is 12.1. The number of pyridine rings is 1. The van der Waals surface area contributed by atoms with Crippen LogP contribution in [-0.2, 0) is 36.7 Å². The van der Waals surface area contributed by atoms with Gasteiger partial charge in [0.1, 0.15) is 0 Å². The zero-order valence-electron chi connectivity index (χ0n) is 27.6. The molecule has 1 aliphatic rings. The Bertz CT molecular complexity index is 1840. The molecule has 1 N–H and O–H groups in total. The first-order chi connectivity index (χ1) is 22.3. The number of carbonyl (C=O) groups excluding carboxylic acids is 1. The van der Waals surface area contributed by atoms with Gasteiger partial charge in [0.2, 0.25) is 0 Å². The second kappa shape index (κ2) is 14.8. The molecule has 5 rings (SSSR count). The van der Waals surface area contributed by atoms with Gasteiger partial charge < -0.3 is 10.1 Å². The maximum atomic E-state index is 14.5. The van der Waals surface area contributed by atoms with E-state index >= 15 is 0 Å². The number of alkyl halides is 8. The molecule has 1 radical (unpaired) electrons. The Morgan fingerprint density at radius 3 is 1.88 bits per heavy atom. The standard InChI is InChI=1S/C23H12F8NS.C13H24O2.Ir/c1-10-5-11(2)7-12(6-10)18-19-13(3-4-32-18)14-8-15-16(9-17(14)33-19)21(26,27)23(30,31)22(28,29)20(15,24)25;1-5-10(6-2)12(14)9-13(15)11(7-3)8-4;/h3-6,8-9H,1-2H3;9-11,14H,5-8H2,1-4H3;/q-1;;/b;12-9-;. The summed E-state index contributed by atoms with van der Waals surface area (Å²) in [6.07, 6.45) is 6.27. The van der Waals surface area contributed by atoms with Crippen molar-refractivity contribution in [2.75, 3.05) is 0 Å². The van der Waals surface area contributed by atoms with Crippen LogP contribution in [0.3, 0.4) is 0 Å². The Labute approximate surface area is 297 Å². The van der Waals surface area contributed by atoms with Crippen molar-refractivity contribution in [3.63, 3.8) is 0 Å². The Morgan fingerprint density at radius 1 is 0.837 bits per heavy atom. The average molecular weight is 891 g/mol. The number of hydrogen-bond acceptors (Lipinski definition) is 4. The molecule has 269 valence electrons. The van der Waals surface area contributed by atoms with Crippen molar-refractivity contribution in [1.29, 1.82) is 0 Å². The topological polar surface area (TPSA) is 50.2 Å². The van der Waals surface area contributed by atoms with Gasteiger partial charge in [-0.15, -0.1) is 46.2 Å². The van der Waals surface area contributed by atoms with Gasteiger partial charge in [-0.25, -0.2) is 0 Å². The van der Waals surface area contributed by atoms with E-state index in [0.717, 1.165) is 48.1 Å². The largest absolute Gasteiger partial charge is 0.512 e. The molecule has 0 unspecified atom stereocenters. The van der Waals surface area contributed by atoms with Crippen LogP contribution in [0.1, 0.15) is 75.6 Å². The molecule has 0 aliphatic heterocycles. The van der Waals surface area contributed by atoms with Crippen LogP contribution in [0.15, 0.2) is 48.4 Å². The summed E-state index contributed by atoms with van der Waals surface area (Å²) < 4.78 is 114. The monoisotopic (exact) mass is 891 g/mol. The smallest absolute Gasteiger partial charge is 0.382 e. The van der Waals surface area contributed by atoms with Gasteiger partial charge in [-0.1, -0.05) is 41.5 Å². The predicted octanol–water partition coefficient (Wildman–Crippen LogP) is 11.9. The van der Waals surface area contributed by atoms with Crippen molar-refractivity contribution >= 4 is 37.3 Å². The zero-order chi connectivity index (χ0) is 36.0. The molecule has 2 aromatic heterocycles. The maximum absolute atomic E-state index is 14.5. The van der Waals surface area contributed by atoms with Gasteiger partial charge in [-0.2, -0.15) is 35.1 Å². The molecule has 2 heterocycles. The van der Waals surface area contributed by atoms with Gasteiger partial charge in [0, 0.05) is 75.8 Å². The van der Waals surface area contributed by atoms with E-state index in [4.69, 9.17) is 0 Å². The van der Waals surface area contributed by atoms with E-state index in [1.807, 2.05) is 40.7 Å². The maximum Gasteiger partial charge on any atom is 0.382 e. The van der Waals surface area contributed by atoms with Crippen molar-refractivity contribution < 1.29 is 65.1 Å². The van der Waals surface area contributed by atoms with Crippen molar-refractivity contribution in [1.82, 2.24) is 4.98 Å². The third-order valence-corrected chi connectivity index (χ3v) is 10.0. The normalized spacial score (nSPS) is 17.4. The number of rotatable bonds is 8. The molecule has 3 nitrogen and oxygen atoms in total. The van der Waals surface area contributed by atoms with Gasteiger partial charge >= 0.3 is 23.7 Å². The van der Waals surface area contributed by atoms with E-state index in [1.54, 1.807) is 13.0 Å². The van der Waals surface area contributed by atoms with Crippen LogP contribution in [0.4, 0.5) is 35.1 Å². The molecule has 4 aromatic rings. The average Bonchev–Trinajstić information content (AvgIpc) is 3.38. The number of aryl methyl sites for hydroxylation is 2. The number of nitrogens with zero attached hydrogens (tertiary/aromatic N) is 1. The molecule has 0 atom stereocenters. The van der Waals surface area contributed by atoms with Gasteiger partial charge in [0.25, 0.3) is 0 Å². The number of allylic oxidation sites excluding steroid dienone is 2. The van der Waals surface area contributed by atoms with Crippen LogP contribution < -0.4 is 0 Å². The van der Waals surface area contributed by atoms with Gasteiger partial charge in [-0.3, -0.25) is 4.79 Å². The minimum Gasteiger partial charge on any atom is -0.512 e. The van der Waals surface area contributed by atoms with E-state index < -0.39 is 34.8 Å². The molecule has 0 bridgehead atoms. The SMILES string of the molecule is CCC(CC)C(=O)/C=C(\O)C(CC)CC.Cc1[c-]c(-c2nccc3c2sc2cc4c(cc23)C(F)(F)C(F)(F)C(F)(F)C4(F)F)cc(C)c1.[Ir]. The summed E-state index contributed by atoms with van der Waals surface area (Å²) in [5.41, 5.74) is -0.998. The molecule has 0 saturated carbocycles. The molecule has 49 heavy (non-hydrogen) atoms. The molecular weight excluding hydrogens is 855 g/mol.